The van der Waals surface area contributed by atoms with Crippen molar-refractivity contribution in [2.75, 3.05) is 18.6 Å². The summed E-state index contributed by atoms with van der Waals surface area (Å²) in [5.41, 5.74) is 17.2. The molecule has 0 saturated carbocycles. The van der Waals surface area contributed by atoms with Gasteiger partial charge in [-0.2, -0.15) is 11.8 Å². The molecule has 40 heavy (non-hydrogen) atoms. The van der Waals surface area contributed by atoms with E-state index in [1.54, 1.807) is 12.1 Å². The van der Waals surface area contributed by atoms with E-state index in [0.29, 0.717) is 30.6 Å². The number of carboxylic acid groups (broad SMARTS) is 1. The number of amides is 3. The van der Waals surface area contributed by atoms with E-state index in [1.807, 2.05) is 20.1 Å². The predicted molar refractivity (Wildman–Crippen MR) is 156 cm³/mol. The van der Waals surface area contributed by atoms with E-state index >= 15 is 0 Å². The molecule has 4 atom stereocenters. The molecule has 0 aromatic heterocycles. The van der Waals surface area contributed by atoms with Crippen molar-refractivity contribution in [3.8, 4) is 5.75 Å². The smallest absolute Gasteiger partial charge is 0.326 e. The third kappa shape index (κ3) is 13.5. The molecule has 14 heteroatoms. The Hall–Kier alpha value is -3.52. The van der Waals surface area contributed by atoms with Gasteiger partial charge in [0, 0.05) is 13.0 Å². The minimum atomic E-state index is -1.25. The molecule has 1 aromatic rings. The molecule has 224 valence electrons. The van der Waals surface area contributed by atoms with Crippen molar-refractivity contribution in [3.05, 3.63) is 29.8 Å². The van der Waals surface area contributed by atoms with Gasteiger partial charge in [0.1, 0.15) is 23.9 Å². The molecule has 1 rings (SSSR count). The fraction of sp³-hybridized carbons (Fsp3) is 0.577. The molecule has 4 unspecified atom stereocenters. The zero-order valence-electron chi connectivity index (χ0n) is 23.3. The van der Waals surface area contributed by atoms with Crippen molar-refractivity contribution in [1.29, 1.82) is 0 Å². The van der Waals surface area contributed by atoms with Gasteiger partial charge in [-0.05, 0) is 61.3 Å². The lowest BCUT2D eigenvalue weighted by Gasteiger charge is -2.25. The Morgan fingerprint density at radius 2 is 1.50 bits per heavy atom. The Morgan fingerprint density at radius 1 is 0.925 bits per heavy atom. The summed E-state index contributed by atoms with van der Waals surface area (Å²) >= 11 is 1.49. The number of carboxylic acids is 1. The summed E-state index contributed by atoms with van der Waals surface area (Å²) < 4.78 is 0. The van der Waals surface area contributed by atoms with Gasteiger partial charge in [-0.3, -0.25) is 19.4 Å². The Bertz CT molecular complexity index is 1000. The summed E-state index contributed by atoms with van der Waals surface area (Å²) in [6.45, 7) is 4.05. The number of carbonyl (C=O) groups excluding carboxylic acids is 3. The van der Waals surface area contributed by atoms with Crippen LogP contribution < -0.4 is 33.2 Å². The molecule has 0 fully saturated rings. The summed E-state index contributed by atoms with van der Waals surface area (Å²) in [7, 11) is 0. The number of nitrogens with two attached hydrogens (primary N) is 3. The van der Waals surface area contributed by atoms with Crippen molar-refractivity contribution in [2.45, 2.75) is 70.1 Å². The Labute approximate surface area is 239 Å². The molecule has 0 aliphatic heterocycles. The number of phenols is 1. The number of benzene rings is 1. The van der Waals surface area contributed by atoms with E-state index in [2.05, 4.69) is 20.9 Å². The monoisotopic (exact) mass is 581 g/mol. The molecular weight excluding hydrogens is 538 g/mol. The Kier molecular flexibility index (Phi) is 15.5. The highest BCUT2D eigenvalue weighted by Gasteiger charge is 2.30. The van der Waals surface area contributed by atoms with Crippen molar-refractivity contribution < 1.29 is 29.4 Å². The number of hydrogen-bond donors (Lipinski definition) is 8. The van der Waals surface area contributed by atoms with Crippen molar-refractivity contribution in [2.24, 2.45) is 28.1 Å². The fourth-order valence-corrected chi connectivity index (χ4v) is 4.25. The van der Waals surface area contributed by atoms with Gasteiger partial charge in [-0.15, -0.1) is 0 Å². The number of thioether (sulfide) groups is 1. The average molecular weight is 582 g/mol. The number of hydrogen-bond acceptors (Lipinski definition) is 8. The van der Waals surface area contributed by atoms with Crippen LogP contribution in [0.2, 0.25) is 0 Å². The standard InChI is InChI=1S/C26H43N7O6S/c1-15(2)13-18(27)22(35)31-19(10-12-40-3)23(36)33-21(14-16-6-8-17(34)9-7-16)24(37)32-20(25(38)39)5-4-11-30-26(28)29/h6-9,15,18-21,34H,4-5,10-14,27H2,1-3H3,(H,31,35)(H,32,37)(H,33,36)(H,38,39)(H4,28,29,30). The summed E-state index contributed by atoms with van der Waals surface area (Å²) in [6.07, 6.45) is 2.95. The van der Waals surface area contributed by atoms with Crippen LogP contribution in [0.15, 0.2) is 29.3 Å². The molecule has 0 aliphatic carbocycles. The highest BCUT2D eigenvalue weighted by molar-refractivity contribution is 7.98. The number of nitrogens with zero attached hydrogens (tertiary/aromatic N) is 1. The van der Waals surface area contributed by atoms with Crippen molar-refractivity contribution >= 4 is 41.4 Å². The van der Waals surface area contributed by atoms with Crippen LogP contribution in [-0.4, -0.2) is 82.6 Å². The number of aliphatic imine (C=N–C) groups is 1. The van der Waals surface area contributed by atoms with Crippen LogP contribution in [0.25, 0.3) is 0 Å². The van der Waals surface area contributed by atoms with E-state index in [-0.39, 0.29) is 37.0 Å². The minimum Gasteiger partial charge on any atom is -0.508 e. The second-order valence-corrected chi connectivity index (χ2v) is 10.8. The van der Waals surface area contributed by atoms with Gasteiger partial charge in [0.25, 0.3) is 0 Å². The molecule has 3 amide bonds. The maximum Gasteiger partial charge on any atom is 0.326 e. The zero-order chi connectivity index (χ0) is 30.2. The molecule has 1 aromatic carbocycles. The molecule has 0 aliphatic rings. The number of guanidine groups is 1. The van der Waals surface area contributed by atoms with Gasteiger partial charge in [0.2, 0.25) is 17.7 Å². The van der Waals surface area contributed by atoms with Gasteiger partial charge in [-0.1, -0.05) is 26.0 Å². The molecule has 13 nitrogen and oxygen atoms in total. The molecule has 0 spiro atoms. The van der Waals surface area contributed by atoms with E-state index < -0.39 is 47.9 Å². The average Bonchev–Trinajstić information content (AvgIpc) is 2.87. The van der Waals surface area contributed by atoms with Gasteiger partial charge >= 0.3 is 5.97 Å². The van der Waals surface area contributed by atoms with E-state index in [0.717, 1.165) is 0 Å². The van der Waals surface area contributed by atoms with Gasteiger partial charge < -0.3 is 43.4 Å². The summed E-state index contributed by atoms with van der Waals surface area (Å²) in [4.78, 5) is 54.9. The van der Waals surface area contributed by atoms with Crippen LogP contribution in [0.4, 0.5) is 0 Å². The van der Waals surface area contributed by atoms with E-state index in [1.165, 1.54) is 23.9 Å². The number of phenolic OH excluding ortho intramolecular Hbond substituents is 1. The fourth-order valence-electron chi connectivity index (χ4n) is 3.78. The predicted octanol–water partition coefficient (Wildman–Crippen LogP) is -0.346. The number of aliphatic carboxylic acids is 1. The molecule has 0 heterocycles. The van der Waals surface area contributed by atoms with E-state index in [4.69, 9.17) is 17.2 Å². The van der Waals surface area contributed by atoms with Gasteiger partial charge in [0.05, 0.1) is 6.04 Å². The van der Waals surface area contributed by atoms with Gasteiger partial charge in [-0.25, -0.2) is 4.79 Å². The topological polar surface area (TPSA) is 235 Å². The lowest BCUT2D eigenvalue weighted by molar-refractivity contribution is -0.142. The Balaban J connectivity index is 3.11. The number of rotatable bonds is 18. The Morgan fingerprint density at radius 3 is 2.05 bits per heavy atom. The summed E-state index contributed by atoms with van der Waals surface area (Å²) in [5, 5.41) is 27.1. The minimum absolute atomic E-state index is 0.00818. The maximum absolute atomic E-state index is 13.3. The zero-order valence-corrected chi connectivity index (χ0v) is 24.1. The molecular formula is C26H43N7O6S. The molecule has 0 saturated heterocycles. The molecule has 11 N–H and O–H groups in total. The van der Waals surface area contributed by atoms with Crippen molar-refractivity contribution in [3.63, 3.8) is 0 Å². The van der Waals surface area contributed by atoms with E-state index in [9.17, 15) is 29.4 Å². The first kappa shape index (κ1) is 34.5. The first-order valence-electron chi connectivity index (χ1n) is 13.1. The number of carbonyl (C=O) groups is 4. The summed E-state index contributed by atoms with van der Waals surface area (Å²) in [5.74, 6) is -2.40. The van der Waals surface area contributed by atoms with Crippen LogP contribution in [0.5, 0.6) is 5.75 Å². The highest BCUT2D eigenvalue weighted by atomic mass is 32.2. The van der Waals surface area contributed by atoms with Crippen molar-refractivity contribution in [1.82, 2.24) is 16.0 Å². The third-order valence-electron chi connectivity index (χ3n) is 5.87. The maximum atomic E-state index is 13.3. The first-order valence-corrected chi connectivity index (χ1v) is 14.4. The van der Waals surface area contributed by atoms with Crippen LogP contribution in [-0.2, 0) is 25.6 Å². The van der Waals surface area contributed by atoms with Crippen LogP contribution in [0, 0.1) is 5.92 Å². The second kappa shape index (κ2) is 17.9. The lowest BCUT2D eigenvalue weighted by atomic mass is 10.0. The normalized spacial score (nSPS) is 13.9. The van der Waals surface area contributed by atoms with Crippen LogP contribution >= 0.6 is 11.8 Å². The third-order valence-corrected chi connectivity index (χ3v) is 6.52. The quantitative estimate of drug-likeness (QED) is 0.0637. The van der Waals surface area contributed by atoms with Gasteiger partial charge in [0.15, 0.2) is 5.96 Å². The van der Waals surface area contributed by atoms with Crippen LogP contribution in [0.3, 0.4) is 0 Å². The molecule has 0 bridgehead atoms. The van der Waals surface area contributed by atoms with Crippen LogP contribution in [0.1, 0.15) is 45.1 Å². The highest BCUT2D eigenvalue weighted by Crippen LogP contribution is 2.13. The number of nitrogens with one attached hydrogen (secondary N) is 3. The lowest BCUT2D eigenvalue weighted by Crippen LogP contribution is -2.57. The molecule has 0 radical (unpaired) electrons. The largest absolute Gasteiger partial charge is 0.508 e. The first-order chi connectivity index (χ1) is 18.8. The summed E-state index contributed by atoms with van der Waals surface area (Å²) in [6, 6.07) is 1.88. The second-order valence-electron chi connectivity index (χ2n) is 9.86. The SMILES string of the molecule is CSCCC(NC(=O)C(N)CC(C)C)C(=O)NC(Cc1ccc(O)cc1)C(=O)NC(CCCN=C(N)N)C(=O)O. The number of aromatic hydroxyl groups is 1.